The molecular weight excluding hydrogens is 354 g/mol. The van der Waals surface area contributed by atoms with Gasteiger partial charge in [0.15, 0.2) is 0 Å². The minimum atomic E-state index is -0.365. The smallest absolute Gasteiger partial charge is 0.316 e. The Morgan fingerprint density at radius 1 is 1.21 bits per heavy atom. The first-order chi connectivity index (χ1) is 13.7. The van der Waals surface area contributed by atoms with Crippen molar-refractivity contribution in [3.05, 3.63) is 60.1 Å². The van der Waals surface area contributed by atoms with Gasteiger partial charge in [0, 0.05) is 31.4 Å². The lowest BCUT2D eigenvalue weighted by molar-refractivity contribution is 0.0908. The lowest BCUT2D eigenvalue weighted by Crippen LogP contribution is -2.27. The summed E-state index contributed by atoms with van der Waals surface area (Å²) in [6, 6.07) is 13.8. The van der Waals surface area contributed by atoms with Crippen LogP contribution in [0.25, 0.3) is 11.4 Å². The molecule has 0 spiro atoms. The van der Waals surface area contributed by atoms with Crippen molar-refractivity contribution < 1.29 is 9.32 Å². The summed E-state index contributed by atoms with van der Waals surface area (Å²) in [4.78, 5) is 23.3. The molecule has 1 saturated heterocycles. The topological polar surface area (TPSA) is 84.2 Å². The first-order valence-corrected chi connectivity index (χ1v) is 9.59. The average Bonchev–Trinajstić information content (AvgIpc) is 3.45. The van der Waals surface area contributed by atoms with Gasteiger partial charge in [-0.3, -0.25) is 4.79 Å². The van der Waals surface area contributed by atoms with Crippen LogP contribution in [0.3, 0.4) is 0 Å². The molecule has 0 bridgehead atoms. The summed E-state index contributed by atoms with van der Waals surface area (Å²) in [5.74, 6) is 1.09. The Morgan fingerprint density at radius 3 is 2.79 bits per heavy atom. The van der Waals surface area contributed by atoms with Gasteiger partial charge < -0.3 is 14.7 Å². The second-order valence-corrected chi connectivity index (χ2v) is 7.04. The molecule has 7 nitrogen and oxygen atoms in total. The molecule has 28 heavy (non-hydrogen) atoms. The number of benzene rings is 1. The fraction of sp³-hybridized carbons (Fsp3) is 0.333. The van der Waals surface area contributed by atoms with Crippen molar-refractivity contribution in [2.75, 3.05) is 24.5 Å². The van der Waals surface area contributed by atoms with E-state index >= 15 is 0 Å². The van der Waals surface area contributed by atoms with Crippen LogP contribution >= 0.6 is 0 Å². The van der Waals surface area contributed by atoms with Crippen molar-refractivity contribution in [3.63, 3.8) is 0 Å². The van der Waals surface area contributed by atoms with Gasteiger partial charge >= 0.3 is 11.8 Å². The Labute approximate surface area is 163 Å². The highest BCUT2D eigenvalue weighted by molar-refractivity contribution is 5.89. The maximum absolute atomic E-state index is 12.4. The van der Waals surface area contributed by atoms with E-state index in [1.165, 1.54) is 18.4 Å². The molecular formula is C21H23N5O2. The Bertz CT molecular complexity index is 935. The van der Waals surface area contributed by atoms with Gasteiger partial charge in [-0.15, -0.1) is 0 Å². The molecule has 1 aliphatic heterocycles. The monoisotopic (exact) mass is 377 g/mol. The number of carbonyl (C=O) groups is 1. The molecule has 1 atom stereocenters. The molecule has 0 saturated carbocycles. The number of rotatable bonds is 6. The highest BCUT2D eigenvalue weighted by Gasteiger charge is 2.19. The molecule has 3 heterocycles. The van der Waals surface area contributed by atoms with Gasteiger partial charge in [0.05, 0.1) is 0 Å². The zero-order valence-corrected chi connectivity index (χ0v) is 15.8. The number of carbonyl (C=O) groups excluding carboxylic acids is 1. The largest absolute Gasteiger partial charge is 0.357 e. The van der Waals surface area contributed by atoms with Crippen LogP contribution in [0.4, 0.5) is 5.82 Å². The van der Waals surface area contributed by atoms with Crippen molar-refractivity contribution in [3.8, 4) is 11.4 Å². The predicted octanol–water partition coefficient (Wildman–Crippen LogP) is 3.27. The number of hydrogen-bond acceptors (Lipinski definition) is 6. The second-order valence-electron chi connectivity index (χ2n) is 7.04. The summed E-state index contributed by atoms with van der Waals surface area (Å²) in [7, 11) is 0. The second kappa shape index (κ2) is 8.21. The molecule has 3 aromatic rings. The molecule has 4 rings (SSSR count). The zero-order chi connectivity index (χ0) is 19.3. The van der Waals surface area contributed by atoms with Gasteiger partial charge in [0.25, 0.3) is 0 Å². The van der Waals surface area contributed by atoms with Crippen LogP contribution < -0.4 is 10.2 Å². The van der Waals surface area contributed by atoms with Crippen molar-refractivity contribution in [2.45, 2.75) is 25.7 Å². The first-order valence-electron chi connectivity index (χ1n) is 9.59. The third kappa shape index (κ3) is 4.03. The van der Waals surface area contributed by atoms with Gasteiger partial charge in [0.1, 0.15) is 5.82 Å². The standard InChI is InChI=1S/C21H23N5O2/c1-15(16-7-3-2-4-8-16)14-23-20(27)21-24-19(25-28-21)17-9-10-22-18(13-17)26-11-5-6-12-26/h2-4,7-10,13,15H,5-6,11-12,14H2,1H3,(H,23,27)/t15-/m1/s1. The van der Waals surface area contributed by atoms with E-state index in [2.05, 4.69) is 32.3 Å². The molecule has 0 radical (unpaired) electrons. The predicted molar refractivity (Wildman–Crippen MR) is 106 cm³/mol. The molecule has 1 amide bonds. The number of nitrogens with zero attached hydrogens (tertiary/aromatic N) is 4. The van der Waals surface area contributed by atoms with Crippen LogP contribution in [-0.2, 0) is 0 Å². The van der Waals surface area contributed by atoms with E-state index in [9.17, 15) is 4.79 Å². The van der Waals surface area contributed by atoms with Gasteiger partial charge in [-0.2, -0.15) is 4.98 Å². The van der Waals surface area contributed by atoms with Crippen LogP contribution in [0.1, 0.15) is 41.9 Å². The molecule has 0 aliphatic carbocycles. The molecule has 2 aromatic heterocycles. The number of pyridine rings is 1. The molecule has 1 aromatic carbocycles. The van der Waals surface area contributed by atoms with Crippen molar-refractivity contribution in [1.82, 2.24) is 20.4 Å². The summed E-state index contributed by atoms with van der Waals surface area (Å²) in [5.41, 5.74) is 1.96. The van der Waals surface area contributed by atoms with Gasteiger partial charge in [-0.05, 0) is 36.5 Å². The minimum Gasteiger partial charge on any atom is -0.357 e. The molecule has 0 unspecified atom stereocenters. The molecule has 144 valence electrons. The Hall–Kier alpha value is -3.22. The van der Waals surface area contributed by atoms with E-state index in [0.717, 1.165) is 24.5 Å². The number of aromatic nitrogens is 3. The van der Waals surface area contributed by atoms with Crippen LogP contribution in [0.15, 0.2) is 53.2 Å². The summed E-state index contributed by atoms with van der Waals surface area (Å²) < 4.78 is 5.18. The Kier molecular flexibility index (Phi) is 5.32. The lowest BCUT2D eigenvalue weighted by atomic mass is 10.0. The molecule has 1 fully saturated rings. The fourth-order valence-corrected chi connectivity index (χ4v) is 3.33. The maximum Gasteiger partial charge on any atom is 0.316 e. The number of anilines is 1. The van der Waals surface area contributed by atoms with Gasteiger partial charge in [-0.1, -0.05) is 42.4 Å². The van der Waals surface area contributed by atoms with Crippen LogP contribution in [0.5, 0.6) is 0 Å². The van der Waals surface area contributed by atoms with E-state index in [4.69, 9.17) is 4.52 Å². The van der Waals surface area contributed by atoms with Gasteiger partial charge in [0.2, 0.25) is 5.82 Å². The normalized spacial score (nSPS) is 14.8. The minimum absolute atomic E-state index is 0.0326. The zero-order valence-electron chi connectivity index (χ0n) is 15.8. The number of amides is 1. The highest BCUT2D eigenvalue weighted by Crippen LogP contribution is 2.23. The quantitative estimate of drug-likeness (QED) is 0.710. The van der Waals surface area contributed by atoms with Gasteiger partial charge in [-0.25, -0.2) is 4.98 Å². The van der Waals surface area contributed by atoms with E-state index in [-0.39, 0.29) is 17.7 Å². The molecule has 1 N–H and O–H groups in total. The summed E-state index contributed by atoms with van der Waals surface area (Å²) in [6.07, 6.45) is 4.10. The van der Waals surface area contributed by atoms with Crippen LogP contribution in [0.2, 0.25) is 0 Å². The van der Waals surface area contributed by atoms with Crippen LogP contribution in [-0.4, -0.2) is 40.7 Å². The van der Waals surface area contributed by atoms with E-state index < -0.39 is 0 Å². The lowest BCUT2D eigenvalue weighted by Gasteiger charge is -2.16. The van der Waals surface area contributed by atoms with E-state index in [0.29, 0.717) is 12.4 Å². The third-order valence-electron chi connectivity index (χ3n) is 4.99. The SMILES string of the molecule is C[C@H](CNC(=O)c1nc(-c2ccnc(N3CCCC3)c2)no1)c1ccccc1. The number of hydrogen-bond donors (Lipinski definition) is 1. The summed E-state index contributed by atoms with van der Waals surface area (Å²) in [6.45, 7) is 4.58. The third-order valence-corrected chi connectivity index (χ3v) is 4.99. The Morgan fingerprint density at radius 2 is 2.00 bits per heavy atom. The van der Waals surface area contributed by atoms with Crippen molar-refractivity contribution in [2.24, 2.45) is 0 Å². The highest BCUT2D eigenvalue weighted by atomic mass is 16.5. The summed E-state index contributed by atoms with van der Waals surface area (Å²) in [5, 5.41) is 6.83. The first kappa shape index (κ1) is 18.2. The fourth-order valence-electron chi connectivity index (χ4n) is 3.33. The van der Waals surface area contributed by atoms with E-state index in [1.54, 1.807) is 6.20 Å². The Balaban J connectivity index is 1.41. The van der Waals surface area contributed by atoms with Crippen molar-refractivity contribution in [1.29, 1.82) is 0 Å². The van der Waals surface area contributed by atoms with E-state index in [1.807, 2.05) is 42.5 Å². The van der Waals surface area contributed by atoms with Crippen LogP contribution in [0, 0.1) is 0 Å². The molecule has 1 aliphatic rings. The maximum atomic E-state index is 12.4. The summed E-state index contributed by atoms with van der Waals surface area (Å²) >= 11 is 0. The average molecular weight is 377 g/mol. The van der Waals surface area contributed by atoms with Crippen molar-refractivity contribution >= 4 is 11.7 Å². The number of nitrogens with one attached hydrogen (secondary N) is 1. The molecule has 7 heteroatoms.